The molecule has 0 fully saturated rings. The molecule has 2 rings (SSSR count). The summed E-state index contributed by atoms with van der Waals surface area (Å²) in [6, 6.07) is 1.99. The molecule has 0 bridgehead atoms. The van der Waals surface area contributed by atoms with Crippen LogP contribution in [0.1, 0.15) is 5.56 Å². The summed E-state index contributed by atoms with van der Waals surface area (Å²) in [4.78, 5) is 10.6. The van der Waals surface area contributed by atoms with Gasteiger partial charge in [0.2, 0.25) is 5.28 Å². The fourth-order valence-electron chi connectivity index (χ4n) is 1.11. The van der Waals surface area contributed by atoms with E-state index >= 15 is 0 Å². The Kier molecular flexibility index (Phi) is 3.91. The van der Waals surface area contributed by atoms with Gasteiger partial charge in [0.1, 0.15) is 10.1 Å². The molecule has 0 aliphatic carbocycles. The second-order valence-electron chi connectivity index (χ2n) is 3.28. The molecule has 0 N–H and O–H groups in total. The standard InChI is InChI=1S/C10H4ClF4N3S/c11-9-17-4-6(12)8(18-9)19-7-2-1-5(3-16-7)10(13,14)15/h1-4H. The Hall–Kier alpha value is -1.41. The van der Waals surface area contributed by atoms with E-state index in [-0.39, 0.29) is 15.3 Å². The second kappa shape index (κ2) is 5.30. The van der Waals surface area contributed by atoms with Crippen molar-refractivity contribution >= 4 is 23.4 Å². The van der Waals surface area contributed by atoms with Gasteiger partial charge in [0, 0.05) is 6.20 Å². The first-order valence-corrected chi connectivity index (χ1v) is 5.95. The van der Waals surface area contributed by atoms with E-state index < -0.39 is 17.6 Å². The fourth-order valence-corrected chi connectivity index (χ4v) is 2.02. The smallest absolute Gasteiger partial charge is 0.249 e. The van der Waals surface area contributed by atoms with Gasteiger partial charge in [-0.15, -0.1) is 0 Å². The van der Waals surface area contributed by atoms with Gasteiger partial charge in [-0.2, -0.15) is 13.2 Å². The first-order chi connectivity index (χ1) is 8.86. The molecule has 3 nitrogen and oxygen atoms in total. The molecule has 2 heterocycles. The Morgan fingerprint density at radius 2 is 1.84 bits per heavy atom. The van der Waals surface area contributed by atoms with Crippen molar-refractivity contribution in [2.45, 2.75) is 16.2 Å². The van der Waals surface area contributed by atoms with E-state index in [1.165, 1.54) is 0 Å². The molecule has 2 aromatic rings. The van der Waals surface area contributed by atoms with Crippen LogP contribution in [0.2, 0.25) is 5.28 Å². The quantitative estimate of drug-likeness (QED) is 0.480. The minimum atomic E-state index is -4.46. The number of rotatable bonds is 2. The lowest BCUT2D eigenvalue weighted by atomic mass is 10.3. The summed E-state index contributed by atoms with van der Waals surface area (Å²) in [5, 5.41) is -0.0928. The summed E-state index contributed by atoms with van der Waals surface area (Å²) in [6.07, 6.45) is -2.91. The molecule has 0 aromatic carbocycles. The molecule has 9 heteroatoms. The van der Waals surface area contributed by atoms with E-state index in [1.54, 1.807) is 0 Å². The molecule has 0 amide bonds. The van der Waals surface area contributed by atoms with Gasteiger partial charge in [-0.3, -0.25) is 0 Å². The summed E-state index contributed by atoms with van der Waals surface area (Å²) in [7, 11) is 0. The van der Waals surface area contributed by atoms with Crippen LogP contribution < -0.4 is 0 Å². The Morgan fingerprint density at radius 3 is 2.42 bits per heavy atom. The van der Waals surface area contributed by atoms with Gasteiger partial charge in [0.25, 0.3) is 0 Å². The predicted octanol–water partition coefficient (Wildman–Crippen LogP) is 3.83. The van der Waals surface area contributed by atoms with E-state index in [0.717, 1.165) is 30.1 Å². The molecule has 0 aliphatic rings. The van der Waals surface area contributed by atoms with Gasteiger partial charge >= 0.3 is 6.18 Å². The van der Waals surface area contributed by atoms with Gasteiger partial charge in [0.15, 0.2) is 5.82 Å². The maximum absolute atomic E-state index is 13.3. The molecule has 0 unspecified atom stereocenters. The molecule has 0 atom stereocenters. The van der Waals surface area contributed by atoms with Crippen LogP contribution >= 0.6 is 23.4 Å². The molecular weight excluding hydrogens is 306 g/mol. The van der Waals surface area contributed by atoms with Crippen molar-refractivity contribution < 1.29 is 17.6 Å². The molecular formula is C10H4ClF4N3S. The third-order valence-corrected chi connectivity index (χ3v) is 3.06. The lowest BCUT2D eigenvalue weighted by molar-refractivity contribution is -0.137. The average molecular weight is 310 g/mol. The molecule has 19 heavy (non-hydrogen) atoms. The monoisotopic (exact) mass is 309 g/mol. The van der Waals surface area contributed by atoms with Crippen molar-refractivity contribution in [3.05, 3.63) is 41.2 Å². The molecule has 0 radical (unpaired) electrons. The van der Waals surface area contributed by atoms with Gasteiger partial charge in [-0.05, 0) is 35.5 Å². The molecule has 0 spiro atoms. The van der Waals surface area contributed by atoms with Gasteiger partial charge in [-0.1, -0.05) is 0 Å². The first kappa shape index (κ1) is 14.0. The number of hydrogen-bond donors (Lipinski definition) is 0. The van der Waals surface area contributed by atoms with Crippen LogP contribution in [0.4, 0.5) is 17.6 Å². The van der Waals surface area contributed by atoms with Crippen LogP contribution in [0.5, 0.6) is 0 Å². The fraction of sp³-hybridized carbons (Fsp3) is 0.100. The summed E-state index contributed by atoms with van der Waals surface area (Å²) in [5.74, 6) is -0.726. The Morgan fingerprint density at radius 1 is 1.11 bits per heavy atom. The predicted molar refractivity (Wildman–Crippen MR) is 60.4 cm³/mol. The van der Waals surface area contributed by atoms with Crippen LogP contribution in [0.15, 0.2) is 34.6 Å². The van der Waals surface area contributed by atoms with Crippen LogP contribution in [-0.2, 0) is 6.18 Å². The maximum atomic E-state index is 13.3. The van der Waals surface area contributed by atoms with Crippen molar-refractivity contribution in [3.63, 3.8) is 0 Å². The van der Waals surface area contributed by atoms with E-state index in [9.17, 15) is 17.6 Å². The highest BCUT2D eigenvalue weighted by Gasteiger charge is 2.30. The third-order valence-electron chi connectivity index (χ3n) is 1.95. The Balaban J connectivity index is 2.22. The van der Waals surface area contributed by atoms with Crippen LogP contribution in [0.25, 0.3) is 0 Å². The zero-order valence-corrected chi connectivity index (χ0v) is 10.5. The van der Waals surface area contributed by atoms with E-state index in [4.69, 9.17) is 11.6 Å². The lowest BCUT2D eigenvalue weighted by Gasteiger charge is -2.06. The van der Waals surface area contributed by atoms with Crippen molar-refractivity contribution in [3.8, 4) is 0 Å². The van der Waals surface area contributed by atoms with Crippen molar-refractivity contribution in [1.82, 2.24) is 15.0 Å². The highest BCUT2D eigenvalue weighted by Crippen LogP contribution is 2.31. The molecule has 2 aromatic heterocycles. The van der Waals surface area contributed by atoms with E-state index in [2.05, 4.69) is 15.0 Å². The SMILES string of the molecule is Fc1cnc(Cl)nc1Sc1ccc(C(F)(F)F)cn1. The van der Waals surface area contributed by atoms with Gasteiger partial charge in [0.05, 0.1) is 11.8 Å². The number of hydrogen-bond acceptors (Lipinski definition) is 4. The molecule has 0 saturated heterocycles. The van der Waals surface area contributed by atoms with Crippen molar-refractivity contribution in [2.24, 2.45) is 0 Å². The zero-order valence-electron chi connectivity index (χ0n) is 8.95. The number of alkyl halides is 3. The van der Waals surface area contributed by atoms with Gasteiger partial charge < -0.3 is 0 Å². The second-order valence-corrected chi connectivity index (χ2v) is 4.62. The average Bonchev–Trinajstić information content (AvgIpc) is 2.33. The summed E-state index contributed by atoms with van der Waals surface area (Å²) < 4.78 is 50.3. The number of nitrogens with zero attached hydrogens (tertiary/aromatic N) is 3. The highest BCUT2D eigenvalue weighted by atomic mass is 35.5. The van der Waals surface area contributed by atoms with Crippen molar-refractivity contribution in [2.75, 3.05) is 0 Å². The Bertz CT molecular complexity index is 588. The topological polar surface area (TPSA) is 38.7 Å². The summed E-state index contributed by atoms with van der Waals surface area (Å²) >= 11 is 6.26. The molecule has 100 valence electrons. The number of aromatic nitrogens is 3. The third kappa shape index (κ3) is 3.54. The van der Waals surface area contributed by atoms with Crippen molar-refractivity contribution in [1.29, 1.82) is 0 Å². The molecule has 0 saturated carbocycles. The summed E-state index contributed by atoms with van der Waals surface area (Å²) in [5.41, 5.74) is -0.877. The maximum Gasteiger partial charge on any atom is 0.417 e. The summed E-state index contributed by atoms with van der Waals surface area (Å²) in [6.45, 7) is 0. The van der Waals surface area contributed by atoms with Crippen LogP contribution in [0, 0.1) is 5.82 Å². The first-order valence-electron chi connectivity index (χ1n) is 4.75. The van der Waals surface area contributed by atoms with Crippen LogP contribution in [-0.4, -0.2) is 15.0 Å². The minimum absolute atomic E-state index is 0.104. The normalized spacial score (nSPS) is 11.6. The Labute approximate surface area is 114 Å². The largest absolute Gasteiger partial charge is 0.417 e. The zero-order chi connectivity index (χ0) is 14.0. The minimum Gasteiger partial charge on any atom is -0.249 e. The number of halogens is 5. The number of pyridine rings is 1. The van der Waals surface area contributed by atoms with E-state index in [1.807, 2.05) is 0 Å². The van der Waals surface area contributed by atoms with Crippen LogP contribution in [0.3, 0.4) is 0 Å². The van der Waals surface area contributed by atoms with E-state index in [0.29, 0.717) is 6.20 Å². The highest BCUT2D eigenvalue weighted by molar-refractivity contribution is 7.99. The van der Waals surface area contributed by atoms with Gasteiger partial charge in [-0.25, -0.2) is 19.3 Å². The molecule has 0 aliphatic heterocycles. The lowest BCUT2D eigenvalue weighted by Crippen LogP contribution is -2.05.